The van der Waals surface area contributed by atoms with Gasteiger partial charge < -0.3 is 9.64 Å². The molecule has 1 saturated heterocycles. The summed E-state index contributed by atoms with van der Waals surface area (Å²) in [7, 11) is 1.79. The lowest BCUT2D eigenvalue weighted by Crippen LogP contribution is -2.30. The minimum absolute atomic E-state index is 0.00470. The summed E-state index contributed by atoms with van der Waals surface area (Å²) in [5.74, 6) is 0.217. The Bertz CT molecular complexity index is 1080. The molecule has 1 amide bonds. The minimum Gasteiger partial charge on any atom is -0.376 e. The summed E-state index contributed by atoms with van der Waals surface area (Å²) in [6.45, 7) is 1.74. The lowest BCUT2D eigenvalue weighted by atomic mass is 10.2. The highest BCUT2D eigenvalue weighted by Crippen LogP contribution is 2.21. The van der Waals surface area contributed by atoms with Crippen LogP contribution in [0.4, 0.5) is 0 Å². The Kier molecular flexibility index (Phi) is 6.50. The largest absolute Gasteiger partial charge is 0.376 e. The molecular formula is C23H25N3O3S. The number of fused-ring (bicyclic) bond motifs is 1. The van der Waals surface area contributed by atoms with Crippen molar-refractivity contribution in [2.24, 2.45) is 0 Å². The van der Waals surface area contributed by atoms with Gasteiger partial charge in [-0.2, -0.15) is 0 Å². The van der Waals surface area contributed by atoms with Gasteiger partial charge >= 0.3 is 0 Å². The van der Waals surface area contributed by atoms with E-state index in [9.17, 15) is 9.59 Å². The van der Waals surface area contributed by atoms with Crippen LogP contribution in [0.1, 0.15) is 18.4 Å². The monoisotopic (exact) mass is 423 g/mol. The van der Waals surface area contributed by atoms with E-state index in [2.05, 4.69) is 0 Å². The van der Waals surface area contributed by atoms with E-state index >= 15 is 0 Å². The van der Waals surface area contributed by atoms with Crippen LogP contribution in [0.5, 0.6) is 0 Å². The zero-order valence-corrected chi connectivity index (χ0v) is 17.8. The highest BCUT2D eigenvalue weighted by atomic mass is 32.2. The standard InChI is InChI=1S/C23H25N3O3S/c1-25(14-17-8-3-2-4-9-17)21(27)16-30-23-24-20-12-6-5-11-19(20)22(28)26(23)15-18-10-7-13-29-18/h2-6,8-9,11-12,18H,7,10,13-16H2,1H3. The average molecular weight is 424 g/mol. The number of carbonyl (C=O) groups excluding carboxylic acids is 1. The molecule has 4 rings (SSSR count). The van der Waals surface area contributed by atoms with E-state index in [0.29, 0.717) is 29.1 Å². The quantitative estimate of drug-likeness (QED) is 0.431. The fourth-order valence-electron chi connectivity index (χ4n) is 3.59. The SMILES string of the molecule is CN(Cc1ccccc1)C(=O)CSc1nc2ccccc2c(=O)n1CC1CCCO1. The first-order chi connectivity index (χ1) is 14.6. The fourth-order valence-corrected chi connectivity index (χ4v) is 4.54. The Hall–Kier alpha value is -2.64. The first kappa shape index (κ1) is 20.6. The van der Waals surface area contributed by atoms with Gasteiger partial charge in [-0.15, -0.1) is 0 Å². The van der Waals surface area contributed by atoms with Crippen molar-refractivity contribution in [1.29, 1.82) is 0 Å². The number of hydrogen-bond donors (Lipinski definition) is 0. The molecule has 1 aromatic heterocycles. The molecule has 2 aromatic carbocycles. The molecule has 30 heavy (non-hydrogen) atoms. The van der Waals surface area contributed by atoms with Gasteiger partial charge in [0, 0.05) is 20.2 Å². The molecule has 156 valence electrons. The molecule has 1 aliphatic rings. The fraction of sp³-hybridized carbons (Fsp3) is 0.348. The summed E-state index contributed by atoms with van der Waals surface area (Å²) in [6, 6.07) is 17.2. The summed E-state index contributed by atoms with van der Waals surface area (Å²) < 4.78 is 7.41. The molecule has 0 saturated carbocycles. The molecule has 2 heterocycles. The van der Waals surface area contributed by atoms with Gasteiger partial charge in [0.1, 0.15) is 0 Å². The summed E-state index contributed by atoms with van der Waals surface area (Å²) >= 11 is 1.31. The first-order valence-electron chi connectivity index (χ1n) is 10.1. The second kappa shape index (κ2) is 9.45. The second-order valence-corrected chi connectivity index (χ2v) is 8.43. The van der Waals surface area contributed by atoms with Gasteiger partial charge in [0.2, 0.25) is 5.91 Å². The summed E-state index contributed by atoms with van der Waals surface area (Å²) in [4.78, 5) is 32.2. The third-order valence-corrected chi connectivity index (χ3v) is 6.21. The maximum atomic E-state index is 13.1. The average Bonchev–Trinajstić information content (AvgIpc) is 3.28. The third kappa shape index (κ3) is 4.74. The Morgan fingerprint density at radius 2 is 1.97 bits per heavy atom. The van der Waals surface area contributed by atoms with Crippen LogP contribution in [0.15, 0.2) is 64.5 Å². The van der Waals surface area contributed by atoms with Gasteiger partial charge in [-0.3, -0.25) is 14.2 Å². The molecule has 1 aliphatic heterocycles. The van der Waals surface area contributed by atoms with Crippen molar-refractivity contribution in [1.82, 2.24) is 14.5 Å². The number of benzene rings is 2. The van der Waals surface area contributed by atoms with Crippen molar-refractivity contribution >= 4 is 28.6 Å². The Labute approximate surface area is 179 Å². The van der Waals surface area contributed by atoms with Gasteiger partial charge in [-0.05, 0) is 30.5 Å². The molecule has 3 aromatic rings. The van der Waals surface area contributed by atoms with Crippen molar-refractivity contribution < 1.29 is 9.53 Å². The number of para-hydroxylation sites is 1. The summed E-state index contributed by atoms with van der Waals surface area (Å²) in [5.41, 5.74) is 1.65. The first-order valence-corrected chi connectivity index (χ1v) is 11.1. The van der Waals surface area contributed by atoms with E-state index < -0.39 is 0 Å². The number of rotatable bonds is 7. The molecule has 1 fully saturated rings. The minimum atomic E-state index is -0.0799. The molecule has 1 atom stereocenters. The smallest absolute Gasteiger partial charge is 0.262 e. The van der Waals surface area contributed by atoms with Crippen LogP contribution in [0, 0.1) is 0 Å². The van der Waals surface area contributed by atoms with Crippen molar-refractivity contribution in [2.45, 2.75) is 37.2 Å². The number of thioether (sulfide) groups is 1. The number of aromatic nitrogens is 2. The molecule has 0 bridgehead atoms. The van der Waals surface area contributed by atoms with Crippen molar-refractivity contribution in [2.75, 3.05) is 19.4 Å². The van der Waals surface area contributed by atoms with Crippen molar-refractivity contribution in [3.05, 3.63) is 70.5 Å². The normalized spacial score (nSPS) is 16.1. The van der Waals surface area contributed by atoms with Crippen LogP contribution < -0.4 is 5.56 Å². The zero-order chi connectivity index (χ0) is 20.9. The highest BCUT2D eigenvalue weighted by Gasteiger charge is 2.21. The molecule has 7 heteroatoms. The molecule has 6 nitrogen and oxygen atoms in total. The Balaban J connectivity index is 1.53. The summed E-state index contributed by atoms with van der Waals surface area (Å²) in [5, 5.41) is 1.16. The predicted octanol–water partition coefficient (Wildman–Crippen LogP) is 3.33. The van der Waals surface area contributed by atoms with Crippen LogP contribution in [0.3, 0.4) is 0 Å². The second-order valence-electron chi connectivity index (χ2n) is 7.49. The Morgan fingerprint density at radius 1 is 1.20 bits per heavy atom. The molecule has 0 N–H and O–H groups in total. The zero-order valence-electron chi connectivity index (χ0n) is 17.0. The van der Waals surface area contributed by atoms with Gasteiger partial charge in [0.25, 0.3) is 5.56 Å². The van der Waals surface area contributed by atoms with Crippen LogP contribution in [-0.2, 0) is 22.6 Å². The van der Waals surface area contributed by atoms with Gasteiger partial charge in [-0.1, -0.05) is 54.2 Å². The van der Waals surface area contributed by atoms with E-state index in [0.717, 1.165) is 25.0 Å². The predicted molar refractivity (Wildman–Crippen MR) is 119 cm³/mol. The van der Waals surface area contributed by atoms with E-state index in [1.807, 2.05) is 48.5 Å². The lowest BCUT2D eigenvalue weighted by Gasteiger charge is -2.19. The maximum absolute atomic E-state index is 13.1. The van der Waals surface area contributed by atoms with Crippen LogP contribution in [0.2, 0.25) is 0 Å². The van der Waals surface area contributed by atoms with Gasteiger partial charge in [0.05, 0.1) is 29.3 Å². The number of carbonyl (C=O) groups is 1. The number of hydrogen-bond acceptors (Lipinski definition) is 5. The number of nitrogens with zero attached hydrogens (tertiary/aromatic N) is 3. The molecule has 1 unspecified atom stereocenters. The third-order valence-electron chi connectivity index (χ3n) is 5.25. The van der Waals surface area contributed by atoms with Crippen molar-refractivity contribution in [3.8, 4) is 0 Å². The van der Waals surface area contributed by atoms with E-state index in [1.165, 1.54) is 11.8 Å². The Morgan fingerprint density at radius 3 is 2.73 bits per heavy atom. The van der Waals surface area contributed by atoms with Crippen LogP contribution in [-0.4, -0.2) is 45.9 Å². The molecule has 0 spiro atoms. The van der Waals surface area contributed by atoms with E-state index in [-0.39, 0.29) is 23.3 Å². The molecule has 0 radical (unpaired) electrons. The van der Waals surface area contributed by atoms with Gasteiger partial charge in [-0.25, -0.2) is 4.98 Å². The van der Waals surface area contributed by atoms with E-state index in [1.54, 1.807) is 22.6 Å². The van der Waals surface area contributed by atoms with Crippen LogP contribution >= 0.6 is 11.8 Å². The summed E-state index contributed by atoms with van der Waals surface area (Å²) in [6.07, 6.45) is 1.95. The highest BCUT2D eigenvalue weighted by molar-refractivity contribution is 7.99. The molecule has 0 aliphatic carbocycles. The van der Waals surface area contributed by atoms with E-state index in [4.69, 9.17) is 9.72 Å². The topological polar surface area (TPSA) is 64.4 Å². The number of ether oxygens (including phenoxy) is 1. The lowest BCUT2D eigenvalue weighted by molar-refractivity contribution is -0.127. The molecular weight excluding hydrogens is 398 g/mol. The maximum Gasteiger partial charge on any atom is 0.262 e. The van der Waals surface area contributed by atoms with Crippen molar-refractivity contribution in [3.63, 3.8) is 0 Å². The van der Waals surface area contributed by atoms with Gasteiger partial charge in [0.15, 0.2) is 5.16 Å². The number of amides is 1. The van der Waals surface area contributed by atoms with Crippen LogP contribution in [0.25, 0.3) is 10.9 Å².